The van der Waals surface area contributed by atoms with Gasteiger partial charge >= 0.3 is 0 Å². The van der Waals surface area contributed by atoms with E-state index in [0.717, 1.165) is 27.3 Å². The summed E-state index contributed by atoms with van der Waals surface area (Å²) >= 11 is 0. The van der Waals surface area contributed by atoms with E-state index in [-0.39, 0.29) is 12.5 Å². The van der Waals surface area contributed by atoms with E-state index in [9.17, 15) is 18.0 Å². The van der Waals surface area contributed by atoms with Crippen molar-refractivity contribution >= 4 is 27.5 Å². The van der Waals surface area contributed by atoms with Crippen LogP contribution < -0.4 is 9.62 Å². The highest BCUT2D eigenvalue weighted by Gasteiger charge is 2.33. The number of amides is 2. The topological polar surface area (TPSA) is 86.8 Å². The van der Waals surface area contributed by atoms with E-state index in [4.69, 9.17) is 0 Å². The minimum atomic E-state index is -3.75. The van der Waals surface area contributed by atoms with Crippen LogP contribution in [0.15, 0.2) is 48.5 Å². The molecule has 0 unspecified atom stereocenters. The van der Waals surface area contributed by atoms with Crippen molar-refractivity contribution < 1.29 is 18.0 Å². The summed E-state index contributed by atoms with van der Waals surface area (Å²) in [6, 6.07) is 13.9. The molecule has 0 spiro atoms. The van der Waals surface area contributed by atoms with Gasteiger partial charge in [0.25, 0.3) is 0 Å². The van der Waals surface area contributed by atoms with Gasteiger partial charge in [-0.2, -0.15) is 0 Å². The number of hydrogen-bond acceptors (Lipinski definition) is 4. The highest BCUT2D eigenvalue weighted by atomic mass is 32.2. The summed E-state index contributed by atoms with van der Waals surface area (Å²) in [6.07, 6.45) is 1.48. The second kappa shape index (κ2) is 11.0. The number of aryl methyl sites for hydroxylation is 2. The van der Waals surface area contributed by atoms with Crippen LogP contribution in [-0.4, -0.2) is 49.5 Å². The monoisotopic (exact) mass is 487 g/mol. The summed E-state index contributed by atoms with van der Waals surface area (Å²) in [5, 5.41) is 2.96. The van der Waals surface area contributed by atoms with E-state index in [0.29, 0.717) is 12.1 Å². The van der Waals surface area contributed by atoms with Crippen molar-refractivity contribution in [2.75, 3.05) is 17.1 Å². The number of rotatable bonds is 9. The maximum Gasteiger partial charge on any atom is 0.244 e. The number of sulfonamides is 1. The first-order valence-corrected chi connectivity index (χ1v) is 13.3. The summed E-state index contributed by atoms with van der Waals surface area (Å²) in [7, 11) is -3.75. The van der Waals surface area contributed by atoms with Gasteiger partial charge in [0.15, 0.2) is 0 Å². The molecular formula is C26H37N3O4S. The molecule has 0 aliphatic rings. The average Bonchev–Trinajstić information content (AvgIpc) is 2.72. The fraction of sp³-hybridized carbons (Fsp3) is 0.462. The van der Waals surface area contributed by atoms with E-state index in [2.05, 4.69) is 5.32 Å². The van der Waals surface area contributed by atoms with Gasteiger partial charge in [0.1, 0.15) is 12.6 Å². The number of anilines is 1. The maximum absolute atomic E-state index is 13.6. The molecule has 0 saturated heterocycles. The van der Waals surface area contributed by atoms with E-state index in [1.54, 1.807) is 12.1 Å². The lowest BCUT2D eigenvalue weighted by atomic mass is 10.1. The second-order valence-electron chi connectivity index (χ2n) is 9.71. The highest BCUT2D eigenvalue weighted by Crippen LogP contribution is 2.22. The van der Waals surface area contributed by atoms with Crippen LogP contribution in [0.3, 0.4) is 0 Å². The Labute approximate surface area is 204 Å². The molecular weight excluding hydrogens is 450 g/mol. The van der Waals surface area contributed by atoms with Gasteiger partial charge in [-0.3, -0.25) is 13.9 Å². The van der Waals surface area contributed by atoms with Crippen molar-refractivity contribution in [2.45, 2.75) is 66.1 Å². The molecule has 2 aromatic rings. The first kappa shape index (κ1) is 27.4. The molecule has 7 nitrogen and oxygen atoms in total. The molecule has 2 rings (SSSR count). The lowest BCUT2D eigenvalue weighted by Gasteiger charge is -2.34. The summed E-state index contributed by atoms with van der Waals surface area (Å²) in [5.41, 5.74) is 2.76. The Kier molecular flexibility index (Phi) is 8.89. The molecule has 186 valence electrons. The zero-order valence-corrected chi connectivity index (χ0v) is 22.1. The zero-order chi connectivity index (χ0) is 25.7. The predicted molar refractivity (Wildman–Crippen MR) is 137 cm³/mol. The van der Waals surface area contributed by atoms with Crippen molar-refractivity contribution in [3.8, 4) is 0 Å². The first-order valence-electron chi connectivity index (χ1n) is 11.4. The maximum atomic E-state index is 13.6. The largest absolute Gasteiger partial charge is 0.350 e. The molecule has 0 aliphatic carbocycles. The highest BCUT2D eigenvalue weighted by molar-refractivity contribution is 7.92. The van der Waals surface area contributed by atoms with Crippen LogP contribution in [0.4, 0.5) is 5.69 Å². The number of nitrogens with zero attached hydrogens (tertiary/aromatic N) is 2. The van der Waals surface area contributed by atoms with Gasteiger partial charge in [-0.15, -0.1) is 0 Å². The van der Waals surface area contributed by atoms with E-state index in [1.807, 2.05) is 77.9 Å². The van der Waals surface area contributed by atoms with Gasteiger partial charge in [-0.25, -0.2) is 8.42 Å². The van der Waals surface area contributed by atoms with Crippen LogP contribution in [0.5, 0.6) is 0 Å². The minimum absolute atomic E-state index is 0.195. The zero-order valence-electron chi connectivity index (χ0n) is 21.3. The Morgan fingerprint density at radius 3 is 2.12 bits per heavy atom. The van der Waals surface area contributed by atoms with Crippen molar-refractivity contribution in [1.29, 1.82) is 0 Å². The van der Waals surface area contributed by atoms with Crippen molar-refractivity contribution in [3.05, 3.63) is 65.2 Å². The van der Waals surface area contributed by atoms with Gasteiger partial charge < -0.3 is 10.2 Å². The first-order chi connectivity index (χ1) is 15.7. The average molecular weight is 488 g/mol. The normalized spacial score (nSPS) is 12.7. The molecule has 0 fully saturated rings. The quantitative estimate of drug-likeness (QED) is 0.583. The van der Waals surface area contributed by atoms with Gasteiger partial charge in [-0.05, 0) is 69.9 Å². The third-order valence-corrected chi connectivity index (χ3v) is 6.68. The lowest BCUT2D eigenvalue weighted by Crippen LogP contribution is -2.55. The molecule has 2 aromatic carbocycles. The smallest absolute Gasteiger partial charge is 0.244 e. The number of nitrogens with one attached hydrogen (secondary N) is 1. The Balaban J connectivity index is 2.45. The van der Waals surface area contributed by atoms with Crippen molar-refractivity contribution in [1.82, 2.24) is 10.2 Å². The van der Waals surface area contributed by atoms with E-state index < -0.39 is 34.1 Å². The molecule has 34 heavy (non-hydrogen) atoms. The minimum Gasteiger partial charge on any atom is -0.350 e. The van der Waals surface area contributed by atoms with Crippen molar-refractivity contribution in [3.63, 3.8) is 0 Å². The van der Waals surface area contributed by atoms with E-state index in [1.165, 1.54) is 4.90 Å². The van der Waals surface area contributed by atoms with Crippen LogP contribution in [0.2, 0.25) is 0 Å². The molecule has 0 radical (unpaired) electrons. The van der Waals surface area contributed by atoms with Crippen LogP contribution >= 0.6 is 0 Å². The molecule has 0 saturated carbocycles. The number of carbonyl (C=O) groups is 2. The third-order valence-electron chi connectivity index (χ3n) is 5.54. The van der Waals surface area contributed by atoms with Gasteiger partial charge in [0.2, 0.25) is 21.8 Å². The van der Waals surface area contributed by atoms with E-state index >= 15 is 0 Å². The summed E-state index contributed by atoms with van der Waals surface area (Å²) in [5.74, 6) is -0.709. The Hall–Kier alpha value is -2.87. The van der Waals surface area contributed by atoms with Crippen LogP contribution in [0.1, 0.15) is 50.8 Å². The Morgan fingerprint density at radius 2 is 1.62 bits per heavy atom. The molecule has 0 bridgehead atoms. The molecule has 0 aromatic heterocycles. The van der Waals surface area contributed by atoms with Gasteiger partial charge in [0.05, 0.1) is 11.9 Å². The van der Waals surface area contributed by atoms with Crippen LogP contribution in [-0.2, 0) is 26.2 Å². The Morgan fingerprint density at radius 1 is 1.00 bits per heavy atom. The van der Waals surface area contributed by atoms with Gasteiger partial charge in [-0.1, -0.05) is 43.3 Å². The number of benzene rings is 2. The summed E-state index contributed by atoms with van der Waals surface area (Å²) in [4.78, 5) is 28.2. The molecule has 1 N–H and O–H groups in total. The second-order valence-corrected chi connectivity index (χ2v) is 11.6. The number of hydrogen-bond donors (Lipinski definition) is 1. The molecule has 1 atom stereocenters. The molecule has 0 aliphatic heterocycles. The molecule has 2 amide bonds. The summed E-state index contributed by atoms with van der Waals surface area (Å²) in [6.45, 7) is 11.1. The molecule has 0 heterocycles. The van der Waals surface area contributed by atoms with Gasteiger partial charge in [0, 0.05) is 12.1 Å². The summed E-state index contributed by atoms with van der Waals surface area (Å²) < 4.78 is 26.5. The molecule has 8 heteroatoms. The fourth-order valence-electron chi connectivity index (χ4n) is 3.65. The predicted octanol–water partition coefficient (Wildman–Crippen LogP) is 3.79. The number of carbonyl (C=O) groups excluding carboxylic acids is 2. The standard InChI is InChI=1S/C26H37N3O4S/c1-8-23(25(31)27-26(4,5)6)28(17-21-12-10-9-11-13-21)24(30)18-29(34(7,32)33)22-15-14-19(2)20(3)16-22/h9-16,23H,8,17-18H2,1-7H3,(H,27,31)/t23-/m1/s1. The van der Waals surface area contributed by atoms with Crippen LogP contribution in [0.25, 0.3) is 0 Å². The Bertz CT molecular complexity index is 1110. The SMILES string of the molecule is CC[C@H](C(=O)NC(C)(C)C)N(Cc1ccccc1)C(=O)CN(c1ccc(C)c(C)c1)S(C)(=O)=O. The van der Waals surface area contributed by atoms with Crippen molar-refractivity contribution in [2.24, 2.45) is 0 Å². The lowest BCUT2D eigenvalue weighted by molar-refractivity contribution is -0.141. The third kappa shape index (κ3) is 7.58. The fourth-order valence-corrected chi connectivity index (χ4v) is 4.49. The van der Waals surface area contributed by atoms with Crippen LogP contribution in [0, 0.1) is 13.8 Å².